The number of anilines is 1. The average Bonchev–Trinajstić information content (AvgIpc) is 2.95. The summed E-state index contributed by atoms with van der Waals surface area (Å²) in [5.41, 5.74) is 2.37. The molecular weight excluding hydrogens is 603 g/mol. The van der Waals surface area contributed by atoms with Crippen LogP contribution in [0.5, 0.6) is 5.75 Å². The number of rotatable bonds is 17. The first-order valence-corrected chi connectivity index (χ1v) is 14.8. The summed E-state index contributed by atoms with van der Waals surface area (Å²) in [7, 11) is 0. The van der Waals surface area contributed by atoms with Gasteiger partial charge in [-0.2, -0.15) is 0 Å². The molecule has 11 heteroatoms. The quantitative estimate of drug-likeness (QED) is 0.148. The van der Waals surface area contributed by atoms with Gasteiger partial charge in [0.2, 0.25) is 0 Å². The largest absolute Gasteiger partial charge is 0.492 e. The van der Waals surface area contributed by atoms with Crippen molar-refractivity contribution in [3.05, 3.63) is 92.9 Å². The lowest BCUT2D eigenvalue weighted by Gasteiger charge is -2.23. The maximum atomic E-state index is 13.1. The summed E-state index contributed by atoms with van der Waals surface area (Å²) in [6.07, 6.45) is 0.845. The lowest BCUT2D eigenvalue weighted by molar-refractivity contribution is -0.149. The van der Waals surface area contributed by atoms with Crippen LogP contribution >= 0.6 is 34.8 Å². The van der Waals surface area contributed by atoms with Crippen LogP contribution in [0.1, 0.15) is 30.9 Å². The maximum absolute atomic E-state index is 13.1. The Morgan fingerprint density at radius 1 is 0.857 bits per heavy atom. The molecule has 0 saturated carbocycles. The average molecular weight is 638 g/mol. The monoisotopic (exact) mass is 636 g/mol. The highest BCUT2D eigenvalue weighted by atomic mass is 35.5. The summed E-state index contributed by atoms with van der Waals surface area (Å²) in [6.45, 7) is 4.14. The van der Waals surface area contributed by atoms with Crippen LogP contribution in [0.25, 0.3) is 0 Å². The number of carbonyl (C=O) groups excluding carboxylic acids is 1. The Labute approximate surface area is 261 Å². The molecule has 1 unspecified atom stereocenters. The molecule has 0 aromatic heterocycles. The Bertz CT molecular complexity index is 1250. The van der Waals surface area contributed by atoms with Crippen molar-refractivity contribution in [3.63, 3.8) is 0 Å². The van der Waals surface area contributed by atoms with E-state index >= 15 is 0 Å². The van der Waals surface area contributed by atoms with Crippen LogP contribution in [-0.2, 0) is 27.3 Å². The van der Waals surface area contributed by atoms with Crippen molar-refractivity contribution < 1.29 is 28.9 Å². The first-order chi connectivity index (χ1) is 20.2. The third-order valence-corrected chi connectivity index (χ3v) is 6.85. The van der Waals surface area contributed by atoms with Crippen molar-refractivity contribution in [1.82, 2.24) is 4.90 Å². The fraction of sp³-hybridized carbons (Fsp3) is 0.355. The summed E-state index contributed by atoms with van der Waals surface area (Å²) >= 11 is 18.1. The third-order valence-electron chi connectivity index (χ3n) is 6.16. The minimum absolute atomic E-state index is 0.249. The number of aliphatic carboxylic acids is 1. The Hall–Kier alpha value is -3.01. The first-order valence-electron chi connectivity index (χ1n) is 13.6. The molecule has 226 valence electrons. The van der Waals surface area contributed by atoms with Gasteiger partial charge in [0.05, 0.1) is 13.2 Å². The molecule has 0 radical (unpaired) electrons. The van der Waals surface area contributed by atoms with E-state index in [1.54, 1.807) is 54.3 Å². The summed E-state index contributed by atoms with van der Waals surface area (Å²) in [6, 6.07) is 19.2. The molecular formula is C31H35Cl3N2O6. The fourth-order valence-electron chi connectivity index (χ4n) is 4.07. The molecule has 0 saturated heterocycles. The zero-order valence-corrected chi connectivity index (χ0v) is 25.6. The number of carboxylic acids is 1. The highest BCUT2D eigenvalue weighted by molar-refractivity contribution is 6.34. The number of carbonyl (C=O) groups is 2. The molecule has 2 N–H and O–H groups in total. The van der Waals surface area contributed by atoms with E-state index in [0.717, 1.165) is 24.0 Å². The Balaban J connectivity index is 1.49. The number of unbranched alkanes of at least 4 members (excludes halogenated alkanes) is 1. The maximum Gasteiger partial charge on any atom is 0.333 e. The van der Waals surface area contributed by atoms with Crippen molar-refractivity contribution in [3.8, 4) is 5.75 Å². The highest BCUT2D eigenvalue weighted by Gasteiger charge is 2.18. The Morgan fingerprint density at radius 3 is 2.19 bits per heavy atom. The summed E-state index contributed by atoms with van der Waals surface area (Å²) in [5, 5.41) is 13.9. The summed E-state index contributed by atoms with van der Waals surface area (Å²) < 4.78 is 16.9. The number of carboxylic acid groups (broad SMARTS) is 1. The number of amides is 2. The van der Waals surface area contributed by atoms with E-state index in [1.165, 1.54) is 0 Å². The fourth-order valence-corrected chi connectivity index (χ4v) is 4.77. The topological polar surface area (TPSA) is 97.3 Å². The lowest BCUT2D eigenvalue weighted by Crippen LogP contribution is -2.38. The van der Waals surface area contributed by atoms with E-state index in [-0.39, 0.29) is 19.1 Å². The van der Waals surface area contributed by atoms with Crippen molar-refractivity contribution in [1.29, 1.82) is 0 Å². The number of benzene rings is 3. The van der Waals surface area contributed by atoms with Crippen molar-refractivity contribution >= 4 is 52.5 Å². The zero-order chi connectivity index (χ0) is 30.3. The van der Waals surface area contributed by atoms with Crippen LogP contribution in [0.15, 0.2) is 66.7 Å². The van der Waals surface area contributed by atoms with Crippen LogP contribution in [0.2, 0.25) is 15.1 Å². The van der Waals surface area contributed by atoms with Crippen molar-refractivity contribution in [2.75, 3.05) is 38.2 Å². The normalized spacial score (nSPS) is 11.6. The van der Waals surface area contributed by atoms with Gasteiger partial charge in [0.15, 0.2) is 6.10 Å². The molecule has 42 heavy (non-hydrogen) atoms. The lowest BCUT2D eigenvalue weighted by atomic mass is 10.1. The van der Waals surface area contributed by atoms with Gasteiger partial charge in [0.1, 0.15) is 12.4 Å². The predicted molar refractivity (Wildman–Crippen MR) is 166 cm³/mol. The van der Waals surface area contributed by atoms with Crippen LogP contribution in [0.4, 0.5) is 10.5 Å². The first kappa shape index (κ1) is 33.5. The van der Waals surface area contributed by atoms with Gasteiger partial charge >= 0.3 is 12.0 Å². The van der Waals surface area contributed by atoms with Crippen LogP contribution < -0.4 is 10.1 Å². The summed E-state index contributed by atoms with van der Waals surface area (Å²) in [4.78, 5) is 26.1. The van der Waals surface area contributed by atoms with E-state index in [0.29, 0.717) is 59.4 Å². The van der Waals surface area contributed by atoms with Crippen molar-refractivity contribution in [2.24, 2.45) is 0 Å². The number of hydrogen-bond acceptors (Lipinski definition) is 5. The molecule has 0 aliphatic carbocycles. The molecule has 3 aromatic rings. The minimum Gasteiger partial charge on any atom is -0.492 e. The van der Waals surface area contributed by atoms with E-state index in [4.69, 9.17) is 49.0 Å². The number of hydrogen-bond donors (Lipinski definition) is 2. The Kier molecular flexibility index (Phi) is 14.2. The summed E-state index contributed by atoms with van der Waals surface area (Å²) in [5.74, 6) is -0.374. The van der Waals surface area contributed by atoms with Gasteiger partial charge in [-0.1, -0.05) is 46.9 Å². The number of nitrogens with one attached hydrogen (secondary N) is 1. The van der Waals surface area contributed by atoms with Gasteiger partial charge < -0.3 is 29.5 Å². The molecule has 0 aliphatic rings. The second-order valence-electron chi connectivity index (χ2n) is 9.44. The van der Waals surface area contributed by atoms with Crippen molar-refractivity contribution in [2.45, 2.75) is 38.9 Å². The van der Waals surface area contributed by atoms with E-state index in [2.05, 4.69) is 5.32 Å². The number of ether oxygens (including phenoxy) is 3. The van der Waals surface area contributed by atoms with Gasteiger partial charge in [-0.15, -0.1) is 0 Å². The van der Waals surface area contributed by atoms with E-state index < -0.39 is 12.1 Å². The molecule has 2 amide bonds. The van der Waals surface area contributed by atoms with Crippen LogP contribution in [0, 0.1) is 0 Å². The van der Waals surface area contributed by atoms with Crippen LogP contribution in [-0.4, -0.2) is 61.0 Å². The molecule has 3 rings (SSSR count). The number of halogens is 3. The number of nitrogens with zero attached hydrogens (tertiary/aromatic N) is 1. The third kappa shape index (κ3) is 12.1. The van der Waals surface area contributed by atoms with Gasteiger partial charge in [-0.3, -0.25) is 0 Å². The SMILES string of the molecule is CCOC(Cc1ccc(OCCN(CCCCOCc2cc(Cl)cc(Cl)c2)C(=O)Nc2ccc(Cl)cc2)cc1)C(=O)O. The molecule has 0 fully saturated rings. The minimum atomic E-state index is -0.994. The molecule has 0 aliphatic heterocycles. The smallest absolute Gasteiger partial charge is 0.333 e. The van der Waals surface area contributed by atoms with Gasteiger partial charge in [-0.25, -0.2) is 9.59 Å². The Morgan fingerprint density at radius 2 is 1.55 bits per heavy atom. The molecule has 1 atom stereocenters. The standard InChI is InChI=1S/C31H35Cl3N2O6/c1-2-41-29(30(37)38)19-22-5-11-28(12-6-22)42-16-14-36(31(39)35-27-9-7-24(32)8-10-27)13-3-4-15-40-21-23-17-25(33)20-26(34)18-23/h5-12,17-18,20,29H,2-4,13-16,19,21H2,1H3,(H,35,39)(H,37,38). The van der Waals surface area contributed by atoms with E-state index in [9.17, 15) is 14.7 Å². The molecule has 3 aromatic carbocycles. The number of urea groups is 1. The highest BCUT2D eigenvalue weighted by Crippen LogP contribution is 2.20. The zero-order valence-electron chi connectivity index (χ0n) is 23.4. The van der Waals surface area contributed by atoms with Gasteiger partial charge in [-0.05, 0) is 85.5 Å². The van der Waals surface area contributed by atoms with Crippen LogP contribution in [0.3, 0.4) is 0 Å². The molecule has 8 nitrogen and oxygen atoms in total. The van der Waals surface area contributed by atoms with Gasteiger partial charge in [0.25, 0.3) is 0 Å². The second kappa shape index (κ2) is 17.8. The van der Waals surface area contributed by atoms with Gasteiger partial charge in [0, 0.05) is 46.9 Å². The molecule has 0 bridgehead atoms. The molecule has 0 spiro atoms. The predicted octanol–water partition coefficient (Wildman–Crippen LogP) is 7.59. The van der Waals surface area contributed by atoms with E-state index in [1.807, 2.05) is 24.3 Å². The second-order valence-corrected chi connectivity index (χ2v) is 10.7. The molecule has 0 heterocycles.